The number of carbonyl (C=O) groups excluding carboxylic acids is 1. The third kappa shape index (κ3) is 2.18. The van der Waals surface area contributed by atoms with Crippen molar-refractivity contribution in [2.24, 2.45) is 5.41 Å². The van der Waals surface area contributed by atoms with Crippen LogP contribution in [0.5, 0.6) is 0 Å². The lowest BCUT2D eigenvalue weighted by Gasteiger charge is -2.39. The summed E-state index contributed by atoms with van der Waals surface area (Å²) in [4.78, 5) is 19.3. The van der Waals surface area contributed by atoms with Crippen molar-refractivity contribution in [2.75, 3.05) is 18.0 Å². The average Bonchev–Trinajstić information content (AvgIpc) is 3.08. The molecular weight excluding hydrogens is 268 g/mol. The molecule has 0 unspecified atom stereocenters. The Balaban J connectivity index is 1.49. The molecule has 2 saturated carbocycles. The SMILES string of the molecule is O=Cc1sc(N2CCC3(CCCC3)CC2)nc1C1CC1. The third-order valence-electron chi connectivity index (χ3n) is 5.50. The van der Waals surface area contributed by atoms with E-state index >= 15 is 0 Å². The Morgan fingerprint density at radius 3 is 2.45 bits per heavy atom. The van der Waals surface area contributed by atoms with Gasteiger partial charge in [-0.2, -0.15) is 0 Å². The maximum atomic E-state index is 11.2. The van der Waals surface area contributed by atoms with Gasteiger partial charge < -0.3 is 4.90 Å². The summed E-state index contributed by atoms with van der Waals surface area (Å²) in [6.07, 6.45) is 11.8. The second-order valence-electron chi connectivity index (χ2n) is 6.83. The molecule has 4 rings (SSSR count). The minimum atomic E-state index is 0.575. The highest BCUT2D eigenvalue weighted by Gasteiger charge is 2.38. The van der Waals surface area contributed by atoms with E-state index in [1.807, 2.05) is 0 Å². The topological polar surface area (TPSA) is 33.2 Å². The second kappa shape index (κ2) is 4.83. The van der Waals surface area contributed by atoms with Crippen LogP contribution in [-0.4, -0.2) is 24.4 Å². The Hall–Kier alpha value is -0.900. The van der Waals surface area contributed by atoms with Gasteiger partial charge in [-0.15, -0.1) is 0 Å². The summed E-state index contributed by atoms with van der Waals surface area (Å²) in [5, 5.41) is 1.10. The first-order chi connectivity index (χ1) is 9.80. The van der Waals surface area contributed by atoms with Crippen molar-refractivity contribution in [3.8, 4) is 0 Å². The molecule has 1 saturated heterocycles. The lowest BCUT2D eigenvalue weighted by molar-refractivity contribution is 0.112. The standard InChI is InChI=1S/C16H22N2OS/c19-11-13-14(12-3-4-12)17-15(20-13)18-9-7-16(8-10-18)5-1-2-6-16/h11-12H,1-10H2. The second-order valence-corrected chi connectivity index (χ2v) is 7.84. The monoisotopic (exact) mass is 290 g/mol. The number of rotatable bonds is 3. The minimum absolute atomic E-state index is 0.575. The number of hydrogen-bond acceptors (Lipinski definition) is 4. The van der Waals surface area contributed by atoms with E-state index in [0.29, 0.717) is 11.3 Å². The Kier molecular flexibility index (Phi) is 3.09. The van der Waals surface area contributed by atoms with E-state index in [2.05, 4.69) is 4.90 Å². The number of aldehydes is 1. The van der Waals surface area contributed by atoms with E-state index in [1.165, 1.54) is 51.4 Å². The molecule has 3 fully saturated rings. The molecule has 1 spiro atoms. The molecule has 0 radical (unpaired) electrons. The van der Waals surface area contributed by atoms with Crippen molar-refractivity contribution in [2.45, 2.75) is 57.3 Å². The predicted octanol–water partition coefficient (Wildman–Crippen LogP) is 3.99. The van der Waals surface area contributed by atoms with Gasteiger partial charge in [-0.1, -0.05) is 24.2 Å². The average molecular weight is 290 g/mol. The molecule has 1 aromatic rings. The molecule has 2 aliphatic carbocycles. The van der Waals surface area contributed by atoms with Gasteiger partial charge in [0.2, 0.25) is 0 Å². The fourth-order valence-corrected chi connectivity index (χ4v) is 5.02. The van der Waals surface area contributed by atoms with E-state index < -0.39 is 0 Å². The van der Waals surface area contributed by atoms with Gasteiger partial charge in [-0.25, -0.2) is 4.98 Å². The summed E-state index contributed by atoms with van der Waals surface area (Å²) in [5.41, 5.74) is 1.74. The number of hydrogen-bond donors (Lipinski definition) is 0. The van der Waals surface area contributed by atoms with Gasteiger partial charge in [-0.05, 0) is 43.9 Å². The first-order valence-electron chi connectivity index (χ1n) is 8.01. The summed E-state index contributed by atoms with van der Waals surface area (Å²) in [5.74, 6) is 0.575. The molecule has 20 heavy (non-hydrogen) atoms. The van der Waals surface area contributed by atoms with Crippen molar-refractivity contribution in [3.05, 3.63) is 10.6 Å². The molecule has 0 aromatic carbocycles. The number of anilines is 1. The third-order valence-corrected chi connectivity index (χ3v) is 6.56. The highest BCUT2D eigenvalue weighted by molar-refractivity contribution is 7.17. The normalized spacial score (nSPS) is 25.3. The van der Waals surface area contributed by atoms with Crippen molar-refractivity contribution in [1.29, 1.82) is 0 Å². The molecule has 1 aliphatic heterocycles. The van der Waals surface area contributed by atoms with Crippen molar-refractivity contribution in [3.63, 3.8) is 0 Å². The first kappa shape index (κ1) is 12.8. The van der Waals surface area contributed by atoms with Crippen LogP contribution in [0.2, 0.25) is 0 Å². The summed E-state index contributed by atoms with van der Waals surface area (Å²) < 4.78 is 0. The highest BCUT2D eigenvalue weighted by atomic mass is 32.1. The molecule has 0 bridgehead atoms. The zero-order valence-electron chi connectivity index (χ0n) is 11.9. The summed E-state index contributed by atoms with van der Waals surface area (Å²) in [6, 6.07) is 0. The molecule has 4 heteroatoms. The van der Waals surface area contributed by atoms with E-state index in [0.717, 1.165) is 35.1 Å². The van der Waals surface area contributed by atoms with Gasteiger partial charge in [0.25, 0.3) is 0 Å². The number of carbonyl (C=O) groups is 1. The van der Waals surface area contributed by atoms with Gasteiger partial charge in [0.15, 0.2) is 11.4 Å². The molecule has 3 nitrogen and oxygen atoms in total. The minimum Gasteiger partial charge on any atom is -0.348 e. The number of aromatic nitrogens is 1. The highest BCUT2D eigenvalue weighted by Crippen LogP contribution is 2.48. The van der Waals surface area contributed by atoms with Crippen LogP contribution in [0.3, 0.4) is 0 Å². The van der Waals surface area contributed by atoms with Gasteiger partial charge in [-0.3, -0.25) is 4.79 Å². The summed E-state index contributed by atoms with van der Waals surface area (Å²) in [6.45, 7) is 2.27. The fraction of sp³-hybridized carbons (Fsp3) is 0.750. The summed E-state index contributed by atoms with van der Waals surface area (Å²) in [7, 11) is 0. The largest absolute Gasteiger partial charge is 0.348 e. The quantitative estimate of drug-likeness (QED) is 0.789. The molecule has 0 amide bonds. The van der Waals surface area contributed by atoms with Gasteiger partial charge in [0.05, 0.1) is 10.6 Å². The van der Waals surface area contributed by atoms with Crippen molar-refractivity contribution >= 4 is 22.8 Å². The van der Waals surface area contributed by atoms with E-state index in [-0.39, 0.29) is 0 Å². The van der Waals surface area contributed by atoms with Crippen LogP contribution in [0.15, 0.2) is 0 Å². The zero-order valence-corrected chi connectivity index (χ0v) is 12.8. The Morgan fingerprint density at radius 1 is 1.15 bits per heavy atom. The zero-order chi connectivity index (χ0) is 13.6. The Labute approximate surface area is 124 Å². The number of piperidine rings is 1. The van der Waals surface area contributed by atoms with Crippen molar-refractivity contribution < 1.29 is 4.79 Å². The lowest BCUT2D eigenvalue weighted by atomic mass is 9.77. The van der Waals surface area contributed by atoms with Crippen LogP contribution >= 0.6 is 11.3 Å². The molecule has 1 aromatic heterocycles. The Morgan fingerprint density at radius 2 is 1.85 bits per heavy atom. The van der Waals surface area contributed by atoms with Gasteiger partial charge in [0, 0.05) is 19.0 Å². The molecule has 0 N–H and O–H groups in total. The number of thiazole rings is 1. The van der Waals surface area contributed by atoms with E-state index in [4.69, 9.17) is 4.98 Å². The summed E-state index contributed by atoms with van der Waals surface area (Å²) >= 11 is 1.61. The van der Waals surface area contributed by atoms with Crippen molar-refractivity contribution in [1.82, 2.24) is 4.98 Å². The van der Waals surface area contributed by atoms with Gasteiger partial charge >= 0.3 is 0 Å². The fourth-order valence-electron chi connectivity index (χ4n) is 4.00. The van der Waals surface area contributed by atoms with E-state index in [9.17, 15) is 4.79 Å². The first-order valence-corrected chi connectivity index (χ1v) is 8.82. The predicted molar refractivity (Wildman–Crippen MR) is 81.8 cm³/mol. The van der Waals surface area contributed by atoms with E-state index in [1.54, 1.807) is 11.3 Å². The number of nitrogens with zero attached hydrogens (tertiary/aromatic N) is 2. The van der Waals surface area contributed by atoms with Crippen LogP contribution in [0.4, 0.5) is 5.13 Å². The molecular formula is C16H22N2OS. The van der Waals surface area contributed by atoms with Crippen LogP contribution < -0.4 is 4.90 Å². The van der Waals surface area contributed by atoms with Gasteiger partial charge in [0.1, 0.15) is 0 Å². The van der Waals surface area contributed by atoms with Crippen LogP contribution in [0.1, 0.15) is 72.7 Å². The lowest BCUT2D eigenvalue weighted by Crippen LogP contribution is -2.38. The maximum Gasteiger partial charge on any atom is 0.186 e. The Bertz CT molecular complexity index is 505. The molecule has 0 atom stereocenters. The maximum absolute atomic E-state index is 11.2. The molecule has 3 aliphatic rings. The van der Waals surface area contributed by atoms with Crippen LogP contribution in [0.25, 0.3) is 0 Å². The molecule has 2 heterocycles. The van der Waals surface area contributed by atoms with Crippen LogP contribution in [0, 0.1) is 5.41 Å². The molecule has 108 valence electrons. The van der Waals surface area contributed by atoms with Crippen LogP contribution in [-0.2, 0) is 0 Å². The smallest absolute Gasteiger partial charge is 0.186 e.